The predicted octanol–water partition coefficient (Wildman–Crippen LogP) is 5.30. The maximum atomic E-state index is 13.9. The molecule has 2 heterocycles. The van der Waals surface area contributed by atoms with Crippen molar-refractivity contribution in [3.8, 4) is 0 Å². The Balaban J connectivity index is 2.40. The van der Waals surface area contributed by atoms with Gasteiger partial charge >= 0.3 is 0 Å². The number of nitrogens with zero attached hydrogens (tertiary/aromatic N) is 1. The van der Waals surface area contributed by atoms with Crippen LogP contribution in [0.25, 0.3) is 5.52 Å². The van der Waals surface area contributed by atoms with E-state index in [1.54, 1.807) is 16.7 Å². The van der Waals surface area contributed by atoms with Gasteiger partial charge in [0, 0.05) is 11.8 Å². The number of aromatic nitrogens is 1. The number of carbonyl (C=O) groups excluding carboxylic acids is 1. The topological polar surface area (TPSA) is 74.1 Å². The fourth-order valence-corrected chi connectivity index (χ4v) is 6.39. The molecule has 0 radical (unpaired) electrons. The van der Waals surface area contributed by atoms with E-state index in [4.69, 9.17) is 8.37 Å². The number of hydrogen-bond acceptors (Lipinski definition) is 5. The summed E-state index contributed by atoms with van der Waals surface area (Å²) in [5, 5.41) is 0. The van der Waals surface area contributed by atoms with E-state index in [9.17, 15) is 13.2 Å². The molecule has 0 aliphatic heterocycles. The third-order valence-electron chi connectivity index (χ3n) is 5.23. The van der Waals surface area contributed by atoms with Gasteiger partial charge in [-0.25, -0.2) is 8.42 Å². The zero-order chi connectivity index (χ0) is 24.3. The van der Waals surface area contributed by atoms with Gasteiger partial charge in [0.2, 0.25) is 5.78 Å². The van der Waals surface area contributed by atoms with Crippen LogP contribution in [0.2, 0.25) is 0 Å². The highest BCUT2D eigenvalue weighted by atomic mass is 32.2. The zero-order valence-electron chi connectivity index (χ0n) is 20.0. The summed E-state index contributed by atoms with van der Waals surface area (Å²) in [6.07, 6.45) is 3.14. The zero-order valence-corrected chi connectivity index (χ0v) is 21.7. The minimum atomic E-state index is -2.00. The molecule has 0 spiro atoms. The van der Waals surface area contributed by atoms with Crippen LogP contribution in [0.4, 0.5) is 0 Å². The van der Waals surface area contributed by atoms with Gasteiger partial charge in [-0.15, -0.1) is 0 Å². The highest BCUT2D eigenvalue weighted by Crippen LogP contribution is 2.35. The summed E-state index contributed by atoms with van der Waals surface area (Å²) in [6, 6.07) is 7.53. The minimum absolute atomic E-state index is 0.122. The number of rotatable bonds is 10. The van der Waals surface area contributed by atoms with Crippen molar-refractivity contribution in [2.45, 2.75) is 64.2 Å². The van der Waals surface area contributed by atoms with Crippen LogP contribution in [-0.4, -0.2) is 31.8 Å². The van der Waals surface area contributed by atoms with Crippen LogP contribution in [0.3, 0.4) is 0 Å². The third-order valence-corrected chi connectivity index (χ3v) is 7.58. The molecule has 178 valence electrons. The van der Waals surface area contributed by atoms with E-state index < -0.39 is 22.2 Å². The first-order chi connectivity index (χ1) is 15.7. The van der Waals surface area contributed by atoms with Gasteiger partial charge in [-0.1, -0.05) is 43.7 Å². The molecule has 3 aromatic rings. The first kappa shape index (κ1) is 25.5. The maximum absolute atomic E-state index is 13.9. The largest absolute Gasteiger partial charge is 0.311 e. The van der Waals surface area contributed by atoms with Crippen LogP contribution in [0.1, 0.15) is 65.0 Å². The molecular weight excluding hydrogens is 458 g/mol. The van der Waals surface area contributed by atoms with E-state index in [2.05, 4.69) is 0 Å². The molecule has 0 saturated carbocycles. The molecule has 3 rings (SSSR count). The van der Waals surface area contributed by atoms with Crippen LogP contribution >= 0.6 is 0 Å². The molecule has 0 aliphatic carbocycles. The summed E-state index contributed by atoms with van der Waals surface area (Å²) in [4.78, 5) is 14.3. The lowest BCUT2D eigenvalue weighted by Gasteiger charge is -2.10. The summed E-state index contributed by atoms with van der Waals surface area (Å²) < 4.78 is 39.5. The van der Waals surface area contributed by atoms with Gasteiger partial charge in [-0.3, -0.25) is 13.2 Å². The van der Waals surface area contributed by atoms with Crippen molar-refractivity contribution in [2.24, 2.45) is 0 Å². The predicted molar refractivity (Wildman–Crippen MR) is 132 cm³/mol. The second-order valence-corrected chi connectivity index (χ2v) is 10.4. The van der Waals surface area contributed by atoms with Gasteiger partial charge in [0.15, 0.2) is 22.2 Å². The molecule has 0 N–H and O–H groups in total. The van der Waals surface area contributed by atoms with E-state index in [1.807, 2.05) is 59.7 Å². The van der Waals surface area contributed by atoms with Crippen LogP contribution in [0, 0.1) is 27.7 Å². The molecule has 2 aromatic heterocycles. The van der Waals surface area contributed by atoms with Crippen LogP contribution in [-0.2, 0) is 30.5 Å². The number of pyridine rings is 1. The van der Waals surface area contributed by atoms with Crippen molar-refractivity contribution in [2.75, 3.05) is 13.2 Å². The standard InChI is InChI=1S/C25H31NO5S2/c1-7-11-30-32(28)24-21-19(6)14-17(4)15-26(21)22(25(24)33(29)31-12-8-2)23(27)20-10-9-16(3)13-18(20)5/h9-10,13-15H,7-8,11-12H2,1-6H3. The monoisotopic (exact) mass is 489 g/mol. The second kappa shape index (κ2) is 10.9. The fraction of sp³-hybridized carbons (Fsp3) is 0.400. The summed E-state index contributed by atoms with van der Waals surface area (Å²) >= 11 is -3.92. The van der Waals surface area contributed by atoms with E-state index in [1.165, 1.54) is 0 Å². The average Bonchev–Trinajstić information content (AvgIpc) is 3.10. The van der Waals surface area contributed by atoms with Gasteiger partial charge in [-0.2, -0.15) is 0 Å². The Kier molecular flexibility index (Phi) is 8.39. The van der Waals surface area contributed by atoms with E-state index in [0.717, 1.165) is 22.3 Å². The van der Waals surface area contributed by atoms with Crippen molar-refractivity contribution in [1.29, 1.82) is 0 Å². The highest BCUT2D eigenvalue weighted by molar-refractivity contribution is 7.83. The number of aryl methyl sites for hydroxylation is 4. The SMILES string of the molecule is CCCOS(=O)c1c(S(=O)OCCC)c2c(C)cc(C)cn2c1C(=O)c1ccc(C)cc1C. The van der Waals surface area contributed by atoms with Crippen molar-refractivity contribution in [1.82, 2.24) is 4.40 Å². The smallest absolute Gasteiger partial charge is 0.211 e. The van der Waals surface area contributed by atoms with Gasteiger partial charge in [0.05, 0.1) is 18.7 Å². The van der Waals surface area contributed by atoms with Crippen molar-refractivity contribution in [3.05, 3.63) is 64.0 Å². The van der Waals surface area contributed by atoms with E-state index in [-0.39, 0.29) is 34.5 Å². The quantitative estimate of drug-likeness (QED) is 0.361. The number of fused-ring (bicyclic) bond motifs is 1. The van der Waals surface area contributed by atoms with Crippen LogP contribution in [0.5, 0.6) is 0 Å². The Labute approximate surface area is 200 Å². The lowest BCUT2D eigenvalue weighted by Crippen LogP contribution is -2.13. The molecule has 0 saturated heterocycles. The summed E-state index contributed by atoms with van der Waals surface area (Å²) in [6.45, 7) is 12.0. The number of benzene rings is 1. The first-order valence-electron chi connectivity index (χ1n) is 11.1. The molecule has 0 fully saturated rings. The van der Waals surface area contributed by atoms with Gasteiger partial charge in [0.1, 0.15) is 15.5 Å². The molecule has 0 aliphatic rings. The Morgan fingerprint density at radius 1 is 0.848 bits per heavy atom. The highest BCUT2D eigenvalue weighted by Gasteiger charge is 2.33. The number of ketones is 1. The molecule has 33 heavy (non-hydrogen) atoms. The Bertz CT molecular complexity index is 1250. The second-order valence-electron chi connectivity index (χ2n) is 8.19. The molecule has 0 amide bonds. The van der Waals surface area contributed by atoms with E-state index in [0.29, 0.717) is 23.9 Å². The van der Waals surface area contributed by atoms with Crippen LogP contribution in [0.15, 0.2) is 40.3 Å². The number of carbonyl (C=O) groups is 1. The lowest BCUT2D eigenvalue weighted by molar-refractivity contribution is 0.102. The van der Waals surface area contributed by atoms with Crippen molar-refractivity contribution < 1.29 is 21.6 Å². The molecule has 1 aromatic carbocycles. The molecule has 2 atom stereocenters. The molecule has 2 unspecified atom stereocenters. The number of hydrogen-bond donors (Lipinski definition) is 0. The normalized spacial score (nSPS) is 13.4. The Morgan fingerprint density at radius 3 is 2.00 bits per heavy atom. The molecule has 8 heteroatoms. The fourth-order valence-electron chi connectivity index (χ4n) is 3.85. The summed E-state index contributed by atoms with van der Waals surface area (Å²) in [7, 11) is 0. The Morgan fingerprint density at radius 2 is 1.42 bits per heavy atom. The lowest BCUT2D eigenvalue weighted by atomic mass is 10.0. The average molecular weight is 490 g/mol. The van der Waals surface area contributed by atoms with Crippen molar-refractivity contribution >= 4 is 33.5 Å². The summed E-state index contributed by atoms with van der Waals surface area (Å²) in [5.41, 5.74) is 4.85. The van der Waals surface area contributed by atoms with E-state index >= 15 is 0 Å². The van der Waals surface area contributed by atoms with Crippen LogP contribution < -0.4 is 0 Å². The van der Waals surface area contributed by atoms with Gasteiger partial charge in [0.25, 0.3) is 0 Å². The molecule has 6 nitrogen and oxygen atoms in total. The maximum Gasteiger partial charge on any atom is 0.211 e. The van der Waals surface area contributed by atoms with Crippen molar-refractivity contribution in [3.63, 3.8) is 0 Å². The molecule has 0 bridgehead atoms. The third kappa shape index (κ3) is 5.19. The Hall–Kier alpha value is -2.13. The van der Waals surface area contributed by atoms with Gasteiger partial charge < -0.3 is 4.40 Å². The first-order valence-corrected chi connectivity index (χ1v) is 13.2. The minimum Gasteiger partial charge on any atom is -0.311 e. The molecular formula is C25H31NO5S2. The van der Waals surface area contributed by atoms with Gasteiger partial charge in [-0.05, 0) is 57.2 Å². The summed E-state index contributed by atoms with van der Waals surface area (Å²) in [5.74, 6) is -0.297.